The zero-order valence-corrected chi connectivity index (χ0v) is 17.2. The molecule has 1 N–H and O–H groups in total. The van der Waals surface area contributed by atoms with Crippen molar-refractivity contribution in [2.24, 2.45) is 10.9 Å². The van der Waals surface area contributed by atoms with E-state index < -0.39 is 0 Å². The highest BCUT2D eigenvalue weighted by Crippen LogP contribution is 2.28. The molecule has 0 bridgehead atoms. The van der Waals surface area contributed by atoms with Crippen molar-refractivity contribution in [2.45, 2.75) is 12.8 Å². The highest BCUT2D eigenvalue weighted by Gasteiger charge is 2.21. The zero-order chi connectivity index (χ0) is 19.8. The van der Waals surface area contributed by atoms with Crippen LogP contribution < -0.4 is 10.2 Å². The molecule has 28 heavy (non-hydrogen) atoms. The van der Waals surface area contributed by atoms with Crippen LogP contribution in [0.3, 0.4) is 0 Å². The molecule has 156 valence electrons. The van der Waals surface area contributed by atoms with Crippen LogP contribution in [-0.2, 0) is 4.74 Å². The first-order chi connectivity index (χ1) is 13.7. The summed E-state index contributed by atoms with van der Waals surface area (Å²) >= 11 is 0. The summed E-state index contributed by atoms with van der Waals surface area (Å²) in [6, 6.07) is 6.79. The molecule has 2 aliphatic rings. The van der Waals surface area contributed by atoms with Crippen LogP contribution in [0.2, 0.25) is 0 Å². The summed E-state index contributed by atoms with van der Waals surface area (Å²) in [6.45, 7) is 8.34. The molecule has 3 rings (SSSR count). The summed E-state index contributed by atoms with van der Waals surface area (Å²) in [5, 5.41) is 3.45. The fourth-order valence-electron chi connectivity index (χ4n) is 3.43. The maximum Gasteiger partial charge on any atom is 0.193 e. The van der Waals surface area contributed by atoms with Crippen molar-refractivity contribution in [3.05, 3.63) is 30.1 Å². The number of hydrogen-bond donors (Lipinski definition) is 1. The Bertz CT molecular complexity index is 612. The van der Waals surface area contributed by atoms with Crippen LogP contribution in [0.4, 0.5) is 10.1 Å². The van der Waals surface area contributed by atoms with Crippen molar-refractivity contribution in [1.82, 2.24) is 15.1 Å². The summed E-state index contributed by atoms with van der Waals surface area (Å²) in [5.74, 6) is 1.55. The van der Waals surface area contributed by atoms with E-state index in [4.69, 9.17) is 4.74 Å². The van der Waals surface area contributed by atoms with Gasteiger partial charge >= 0.3 is 0 Å². The number of anilines is 1. The minimum Gasteiger partial charge on any atom is -0.379 e. The van der Waals surface area contributed by atoms with Gasteiger partial charge in [-0.1, -0.05) is 0 Å². The Balaban J connectivity index is 1.30. The molecule has 1 saturated heterocycles. The number of benzene rings is 1. The van der Waals surface area contributed by atoms with E-state index in [1.54, 1.807) is 0 Å². The second-order valence-electron chi connectivity index (χ2n) is 7.72. The first-order valence-electron chi connectivity index (χ1n) is 10.4. The van der Waals surface area contributed by atoms with Gasteiger partial charge in [0.05, 0.1) is 6.61 Å². The summed E-state index contributed by atoms with van der Waals surface area (Å²) < 4.78 is 18.8. The van der Waals surface area contributed by atoms with Crippen LogP contribution in [0.15, 0.2) is 29.3 Å². The van der Waals surface area contributed by atoms with Gasteiger partial charge in [0.1, 0.15) is 5.82 Å². The van der Waals surface area contributed by atoms with Gasteiger partial charge in [-0.15, -0.1) is 0 Å². The van der Waals surface area contributed by atoms with E-state index >= 15 is 0 Å². The maximum atomic E-state index is 13.1. The number of halogens is 1. The molecule has 1 heterocycles. The van der Waals surface area contributed by atoms with Crippen molar-refractivity contribution in [3.63, 3.8) is 0 Å². The predicted octanol–water partition coefficient (Wildman–Crippen LogP) is 1.88. The van der Waals surface area contributed by atoms with E-state index in [0.29, 0.717) is 0 Å². The Kier molecular flexibility index (Phi) is 7.91. The van der Waals surface area contributed by atoms with Gasteiger partial charge in [0, 0.05) is 72.2 Å². The Morgan fingerprint density at radius 3 is 2.57 bits per heavy atom. The largest absolute Gasteiger partial charge is 0.379 e. The van der Waals surface area contributed by atoms with Gasteiger partial charge in [-0.3, -0.25) is 9.89 Å². The monoisotopic (exact) mass is 391 g/mol. The average molecular weight is 392 g/mol. The van der Waals surface area contributed by atoms with Crippen LogP contribution in [0.5, 0.6) is 0 Å². The van der Waals surface area contributed by atoms with Crippen LogP contribution in [-0.4, -0.2) is 88.9 Å². The molecule has 1 aromatic carbocycles. The number of hydrogen-bond acceptors (Lipinski definition) is 4. The number of guanidine groups is 1. The number of nitrogens with one attached hydrogen (secondary N) is 1. The molecule has 7 heteroatoms. The molecule has 1 aliphatic carbocycles. The highest BCUT2D eigenvalue weighted by atomic mass is 19.1. The SMILES string of the molecule is CN=C(NCCN1CCN(c2ccc(F)cc2)CC1)N(C)CCOCC1CC1. The predicted molar refractivity (Wildman–Crippen MR) is 113 cm³/mol. The number of rotatable bonds is 9. The lowest BCUT2D eigenvalue weighted by Crippen LogP contribution is -2.49. The van der Waals surface area contributed by atoms with Gasteiger partial charge in [0.15, 0.2) is 5.96 Å². The van der Waals surface area contributed by atoms with Gasteiger partial charge in [0.2, 0.25) is 0 Å². The minimum atomic E-state index is -0.179. The molecular formula is C21H34FN5O. The summed E-state index contributed by atoms with van der Waals surface area (Å²) in [5.41, 5.74) is 1.10. The molecule has 0 spiro atoms. The molecule has 0 atom stereocenters. The van der Waals surface area contributed by atoms with Crippen LogP contribution in [0, 0.1) is 11.7 Å². The second kappa shape index (κ2) is 10.6. The van der Waals surface area contributed by atoms with Crippen LogP contribution in [0.1, 0.15) is 12.8 Å². The van der Waals surface area contributed by atoms with Gasteiger partial charge in [-0.05, 0) is 43.0 Å². The van der Waals surface area contributed by atoms with Gasteiger partial charge in [-0.2, -0.15) is 0 Å². The summed E-state index contributed by atoms with van der Waals surface area (Å²) in [7, 11) is 3.88. The quantitative estimate of drug-likeness (QED) is 0.396. The normalized spacial score (nSPS) is 18.4. The number of ether oxygens (including phenoxy) is 1. The lowest BCUT2D eigenvalue weighted by atomic mass is 10.2. The Labute approximate surface area is 168 Å². The molecule has 0 amide bonds. The molecule has 1 aromatic rings. The number of aliphatic imine (C=N–C) groups is 1. The number of likely N-dealkylation sites (N-methyl/N-ethyl adjacent to an activating group) is 1. The van der Waals surface area contributed by atoms with Gasteiger partial charge in [-0.25, -0.2) is 4.39 Å². The molecule has 6 nitrogen and oxygen atoms in total. The third kappa shape index (κ3) is 6.63. The van der Waals surface area contributed by atoms with E-state index in [0.717, 1.165) is 76.6 Å². The summed E-state index contributed by atoms with van der Waals surface area (Å²) in [6.07, 6.45) is 2.66. The molecule has 0 aromatic heterocycles. The fraction of sp³-hybridized carbons (Fsp3) is 0.667. The van der Waals surface area contributed by atoms with E-state index in [2.05, 4.69) is 32.1 Å². The topological polar surface area (TPSA) is 43.3 Å². The molecule has 1 aliphatic heterocycles. The first-order valence-corrected chi connectivity index (χ1v) is 10.4. The van der Waals surface area contributed by atoms with E-state index in [1.165, 1.54) is 25.0 Å². The summed E-state index contributed by atoms with van der Waals surface area (Å²) in [4.78, 5) is 11.3. The van der Waals surface area contributed by atoms with Gasteiger partial charge in [0.25, 0.3) is 0 Å². The molecule has 0 unspecified atom stereocenters. The molecular weight excluding hydrogens is 357 g/mol. The highest BCUT2D eigenvalue weighted by molar-refractivity contribution is 5.79. The minimum absolute atomic E-state index is 0.179. The van der Waals surface area contributed by atoms with Crippen molar-refractivity contribution in [2.75, 3.05) is 78.0 Å². The standard InChI is InChI=1S/C21H34FN5O/c1-23-21(25(2)15-16-28-17-18-3-4-18)24-9-10-26-11-13-27(14-12-26)20-7-5-19(22)6-8-20/h5-8,18H,3-4,9-17H2,1-2H3,(H,23,24). The number of piperazine rings is 1. The van der Waals surface area contributed by atoms with Crippen LogP contribution >= 0.6 is 0 Å². The average Bonchev–Trinajstić information content (AvgIpc) is 3.54. The Morgan fingerprint density at radius 1 is 1.21 bits per heavy atom. The van der Waals surface area contributed by atoms with Crippen LogP contribution in [0.25, 0.3) is 0 Å². The smallest absolute Gasteiger partial charge is 0.193 e. The van der Waals surface area contributed by atoms with Gasteiger partial charge < -0.3 is 19.9 Å². The van der Waals surface area contributed by atoms with Crippen molar-refractivity contribution in [3.8, 4) is 0 Å². The molecule has 0 radical (unpaired) electrons. The molecule has 1 saturated carbocycles. The first kappa shape index (κ1) is 20.9. The molecule has 2 fully saturated rings. The zero-order valence-electron chi connectivity index (χ0n) is 17.2. The number of nitrogens with zero attached hydrogens (tertiary/aromatic N) is 4. The lowest BCUT2D eigenvalue weighted by Gasteiger charge is -2.36. The third-order valence-electron chi connectivity index (χ3n) is 5.47. The second-order valence-corrected chi connectivity index (χ2v) is 7.72. The van der Waals surface area contributed by atoms with E-state index in [9.17, 15) is 4.39 Å². The Morgan fingerprint density at radius 2 is 1.93 bits per heavy atom. The third-order valence-corrected chi connectivity index (χ3v) is 5.47. The van der Waals surface area contributed by atoms with E-state index in [1.807, 2.05) is 19.2 Å². The van der Waals surface area contributed by atoms with E-state index in [-0.39, 0.29) is 5.82 Å². The maximum absolute atomic E-state index is 13.1. The Hall–Kier alpha value is -1.86. The van der Waals surface area contributed by atoms with Crippen molar-refractivity contribution in [1.29, 1.82) is 0 Å². The van der Waals surface area contributed by atoms with Crippen molar-refractivity contribution < 1.29 is 9.13 Å². The lowest BCUT2D eigenvalue weighted by molar-refractivity contribution is 0.115. The fourth-order valence-corrected chi connectivity index (χ4v) is 3.43. The van der Waals surface area contributed by atoms with Crippen molar-refractivity contribution >= 4 is 11.6 Å².